The highest BCUT2D eigenvalue weighted by molar-refractivity contribution is 6.30. The van der Waals surface area contributed by atoms with Gasteiger partial charge in [0, 0.05) is 23.2 Å². The lowest BCUT2D eigenvalue weighted by Crippen LogP contribution is -2.18. The lowest BCUT2D eigenvalue weighted by Gasteiger charge is -2.14. The van der Waals surface area contributed by atoms with Crippen LogP contribution in [0.1, 0.15) is 35.1 Å². The number of amides is 2. The number of halogens is 4. The van der Waals surface area contributed by atoms with Crippen molar-refractivity contribution >= 4 is 34.9 Å². The van der Waals surface area contributed by atoms with Crippen LogP contribution in [-0.4, -0.2) is 21.6 Å². The second kappa shape index (κ2) is 7.73. The van der Waals surface area contributed by atoms with Gasteiger partial charge < -0.3 is 10.6 Å². The van der Waals surface area contributed by atoms with Crippen LogP contribution in [0.4, 0.5) is 24.7 Å². The second-order valence-electron chi connectivity index (χ2n) is 7.14. The normalized spacial score (nSPS) is 15.5. The maximum atomic E-state index is 13.2. The monoisotopic (exact) mass is 448 g/mol. The minimum Gasteiger partial charge on any atom is -0.325 e. The molecule has 0 aliphatic carbocycles. The molecule has 6 nitrogen and oxygen atoms in total. The highest BCUT2D eigenvalue weighted by Gasteiger charge is 2.38. The van der Waals surface area contributed by atoms with E-state index in [-0.39, 0.29) is 17.9 Å². The van der Waals surface area contributed by atoms with Gasteiger partial charge in [-0.3, -0.25) is 9.59 Å². The number of benzene rings is 2. The molecule has 2 amide bonds. The maximum Gasteiger partial charge on any atom is 0.416 e. The van der Waals surface area contributed by atoms with Gasteiger partial charge in [0.2, 0.25) is 11.8 Å². The number of nitrogens with zero attached hydrogens (tertiary/aromatic N) is 2. The van der Waals surface area contributed by atoms with Crippen molar-refractivity contribution < 1.29 is 22.8 Å². The molecule has 0 bridgehead atoms. The van der Waals surface area contributed by atoms with Crippen molar-refractivity contribution in [2.75, 3.05) is 10.6 Å². The molecule has 0 radical (unpaired) electrons. The zero-order valence-electron chi connectivity index (χ0n) is 16.1. The molecule has 1 aliphatic heterocycles. The van der Waals surface area contributed by atoms with Gasteiger partial charge in [0.25, 0.3) is 0 Å². The summed E-state index contributed by atoms with van der Waals surface area (Å²) in [6.45, 7) is 1.56. The van der Waals surface area contributed by atoms with Crippen LogP contribution in [0.2, 0.25) is 5.02 Å². The van der Waals surface area contributed by atoms with E-state index in [1.54, 1.807) is 24.3 Å². The topological polar surface area (TPSA) is 76.0 Å². The van der Waals surface area contributed by atoms with Crippen LogP contribution in [0, 0.1) is 0 Å². The lowest BCUT2D eigenvalue weighted by molar-refractivity contribution is -0.137. The van der Waals surface area contributed by atoms with Crippen molar-refractivity contribution in [2.24, 2.45) is 0 Å². The van der Waals surface area contributed by atoms with Gasteiger partial charge in [0.1, 0.15) is 5.82 Å². The average Bonchev–Trinajstić information content (AvgIpc) is 3.21. The second-order valence-corrected chi connectivity index (χ2v) is 7.57. The number of carbonyl (C=O) groups is 2. The Kier molecular flexibility index (Phi) is 5.22. The van der Waals surface area contributed by atoms with Crippen LogP contribution in [-0.2, 0) is 22.3 Å². The molecule has 1 aromatic heterocycles. The molecule has 160 valence electrons. The lowest BCUT2D eigenvalue weighted by atomic mass is 9.92. The van der Waals surface area contributed by atoms with Crippen molar-refractivity contribution in [2.45, 2.75) is 25.6 Å². The van der Waals surface area contributed by atoms with Crippen molar-refractivity contribution in [1.82, 2.24) is 9.78 Å². The van der Waals surface area contributed by atoms with Crippen LogP contribution in [0.5, 0.6) is 0 Å². The summed E-state index contributed by atoms with van der Waals surface area (Å²) in [6.07, 6.45) is -3.16. The van der Waals surface area contributed by atoms with Crippen LogP contribution in [0.3, 0.4) is 0 Å². The van der Waals surface area contributed by atoms with Gasteiger partial charge in [-0.05, 0) is 41.5 Å². The summed E-state index contributed by atoms with van der Waals surface area (Å²) < 4.78 is 41.1. The predicted octanol–water partition coefficient (Wildman–Crippen LogP) is 4.65. The van der Waals surface area contributed by atoms with Gasteiger partial charge in [-0.15, -0.1) is 0 Å². The highest BCUT2D eigenvalue weighted by atomic mass is 35.5. The first-order valence-corrected chi connectivity index (χ1v) is 9.61. The van der Waals surface area contributed by atoms with Crippen LogP contribution in [0.25, 0.3) is 0 Å². The largest absolute Gasteiger partial charge is 0.416 e. The molecule has 0 spiro atoms. The van der Waals surface area contributed by atoms with E-state index in [0.717, 1.165) is 17.7 Å². The fourth-order valence-electron chi connectivity index (χ4n) is 3.54. The number of alkyl halides is 3. The molecular formula is C21H16ClF3N4O2. The Bertz CT molecular complexity index is 1170. The van der Waals surface area contributed by atoms with E-state index >= 15 is 0 Å². The predicted molar refractivity (Wildman–Crippen MR) is 109 cm³/mol. The van der Waals surface area contributed by atoms with E-state index in [0.29, 0.717) is 16.3 Å². The molecule has 4 rings (SSSR count). The van der Waals surface area contributed by atoms with Crippen molar-refractivity contribution in [3.05, 3.63) is 75.9 Å². The van der Waals surface area contributed by atoms with Gasteiger partial charge in [0.05, 0.1) is 24.2 Å². The number of fused-ring (bicyclic) bond motifs is 1. The molecule has 0 fully saturated rings. The number of rotatable bonds is 4. The van der Waals surface area contributed by atoms with Crippen molar-refractivity contribution in [1.29, 1.82) is 0 Å². The molecule has 31 heavy (non-hydrogen) atoms. The highest BCUT2D eigenvalue weighted by Crippen LogP contribution is 2.42. The van der Waals surface area contributed by atoms with E-state index in [1.807, 2.05) is 0 Å². The Balaban J connectivity index is 1.78. The average molecular weight is 449 g/mol. The molecule has 0 saturated heterocycles. The number of nitrogens with one attached hydrogen (secondary N) is 2. The molecule has 2 heterocycles. The van der Waals surface area contributed by atoms with Crippen LogP contribution in [0.15, 0.2) is 48.7 Å². The molecular weight excluding hydrogens is 433 g/mol. The Morgan fingerprint density at radius 2 is 1.90 bits per heavy atom. The molecule has 2 N–H and O–H groups in total. The summed E-state index contributed by atoms with van der Waals surface area (Å²) in [6, 6.07) is 10.1. The van der Waals surface area contributed by atoms with E-state index in [4.69, 9.17) is 11.6 Å². The standard InChI is InChI=1S/C21H16ClF3N4O2/c1-11(30)27-19-16(9-26-29(19)10-12-2-5-14(22)6-3-12)18-15-8-13(21(23,24)25)4-7-17(15)28-20(18)31/h2-9,18H,10H2,1H3,(H,27,30)(H,28,31). The minimum atomic E-state index is -4.55. The summed E-state index contributed by atoms with van der Waals surface area (Å²) in [5.74, 6) is -1.69. The van der Waals surface area contributed by atoms with Crippen LogP contribution < -0.4 is 10.6 Å². The third-order valence-corrected chi connectivity index (χ3v) is 5.18. The van der Waals surface area contributed by atoms with Gasteiger partial charge in [-0.1, -0.05) is 23.7 Å². The molecule has 1 atom stereocenters. The molecule has 10 heteroatoms. The summed E-state index contributed by atoms with van der Waals surface area (Å²) in [7, 11) is 0. The summed E-state index contributed by atoms with van der Waals surface area (Å²) in [4.78, 5) is 24.5. The van der Waals surface area contributed by atoms with Gasteiger partial charge in [-0.25, -0.2) is 4.68 Å². The summed E-state index contributed by atoms with van der Waals surface area (Å²) in [5, 5.41) is 10.1. The SMILES string of the molecule is CC(=O)Nc1c(C2C(=O)Nc3ccc(C(F)(F)F)cc32)cnn1Cc1ccc(Cl)cc1. The molecule has 3 aromatic rings. The summed E-state index contributed by atoms with van der Waals surface area (Å²) >= 11 is 5.91. The first-order chi connectivity index (χ1) is 14.6. The van der Waals surface area contributed by atoms with Gasteiger partial charge >= 0.3 is 6.18 Å². The van der Waals surface area contributed by atoms with E-state index < -0.39 is 29.5 Å². The molecule has 0 saturated carbocycles. The molecule has 1 unspecified atom stereocenters. The van der Waals surface area contributed by atoms with Crippen molar-refractivity contribution in [3.63, 3.8) is 0 Å². The third kappa shape index (κ3) is 4.13. The molecule has 1 aliphatic rings. The van der Waals surface area contributed by atoms with E-state index in [2.05, 4.69) is 15.7 Å². The van der Waals surface area contributed by atoms with E-state index in [1.165, 1.54) is 23.9 Å². The minimum absolute atomic E-state index is 0.178. The quantitative estimate of drug-likeness (QED) is 0.610. The number of carbonyl (C=O) groups excluding carboxylic acids is 2. The number of aromatic nitrogens is 2. The fourth-order valence-corrected chi connectivity index (χ4v) is 3.67. The zero-order valence-corrected chi connectivity index (χ0v) is 16.9. The zero-order chi connectivity index (χ0) is 22.3. The third-order valence-electron chi connectivity index (χ3n) is 4.93. The Hall–Kier alpha value is -3.33. The van der Waals surface area contributed by atoms with Crippen LogP contribution >= 0.6 is 11.6 Å². The summed E-state index contributed by atoms with van der Waals surface area (Å²) in [5.41, 5.74) is 0.753. The number of anilines is 2. The Labute approximate surface area is 180 Å². The van der Waals surface area contributed by atoms with Crippen molar-refractivity contribution in [3.8, 4) is 0 Å². The fraction of sp³-hybridized carbons (Fsp3) is 0.190. The molecule has 2 aromatic carbocycles. The first-order valence-electron chi connectivity index (χ1n) is 9.23. The van der Waals surface area contributed by atoms with Gasteiger partial charge in [0.15, 0.2) is 0 Å². The van der Waals surface area contributed by atoms with E-state index in [9.17, 15) is 22.8 Å². The Morgan fingerprint density at radius 1 is 1.19 bits per heavy atom. The maximum absolute atomic E-state index is 13.2. The Morgan fingerprint density at radius 3 is 2.55 bits per heavy atom. The first kappa shape index (κ1) is 20.9. The van der Waals surface area contributed by atoms with Gasteiger partial charge in [-0.2, -0.15) is 18.3 Å². The number of hydrogen-bond donors (Lipinski definition) is 2. The smallest absolute Gasteiger partial charge is 0.325 e. The number of hydrogen-bond acceptors (Lipinski definition) is 3.